The zero-order valence-corrected chi connectivity index (χ0v) is 10.2. The normalized spacial score (nSPS) is 13.7. The zero-order valence-electron chi connectivity index (χ0n) is 10.2. The van der Waals surface area contributed by atoms with Crippen LogP contribution in [0.5, 0.6) is 0 Å². The van der Waals surface area contributed by atoms with Gasteiger partial charge in [-0.25, -0.2) is 0 Å². The molecule has 0 amide bonds. The monoisotopic (exact) mass is 253 g/mol. The van der Waals surface area contributed by atoms with Crippen molar-refractivity contribution in [1.29, 1.82) is 0 Å². The smallest absolute Gasteiger partial charge is 0.311 e. The van der Waals surface area contributed by atoms with E-state index in [0.717, 1.165) is 6.20 Å². The maximum absolute atomic E-state index is 11.1. The largest absolute Gasteiger partial charge is 0.481 e. The Morgan fingerprint density at radius 3 is 2.83 bits per heavy atom. The maximum atomic E-state index is 11.1. The molecule has 1 aromatic heterocycles. The fourth-order valence-electron chi connectivity index (χ4n) is 1.32. The van der Waals surface area contributed by atoms with Crippen LogP contribution in [0.4, 0.5) is 11.4 Å². The first kappa shape index (κ1) is 13.9. The van der Waals surface area contributed by atoms with E-state index >= 15 is 0 Å². The molecule has 1 heterocycles. The number of nitrogens with one attached hydrogen (secondary N) is 1. The van der Waals surface area contributed by atoms with Gasteiger partial charge in [0, 0.05) is 12.7 Å². The lowest BCUT2D eigenvalue weighted by Gasteiger charge is -2.23. The minimum atomic E-state index is -0.961. The molecule has 1 unspecified atom stereocenters. The highest BCUT2D eigenvalue weighted by Gasteiger charge is 2.31. The second-order valence-corrected chi connectivity index (χ2v) is 4.22. The summed E-state index contributed by atoms with van der Waals surface area (Å²) in [5.74, 6) is -0.936. The van der Waals surface area contributed by atoms with E-state index in [1.54, 1.807) is 13.8 Å². The number of nitrogens with zero attached hydrogens (tertiary/aromatic N) is 2. The molecule has 18 heavy (non-hydrogen) atoms. The van der Waals surface area contributed by atoms with Crippen molar-refractivity contribution in [3.05, 3.63) is 28.6 Å². The van der Waals surface area contributed by atoms with E-state index in [1.165, 1.54) is 12.3 Å². The summed E-state index contributed by atoms with van der Waals surface area (Å²) in [7, 11) is 0. The van der Waals surface area contributed by atoms with E-state index in [-0.39, 0.29) is 17.9 Å². The number of anilines is 1. The third kappa shape index (κ3) is 2.93. The van der Waals surface area contributed by atoms with Crippen LogP contribution in [0.3, 0.4) is 0 Å². The van der Waals surface area contributed by atoms with Crippen LogP contribution >= 0.6 is 0 Å². The summed E-state index contributed by atoms with van der Waals surface area (Å²) in [6.07, 6.45) is 2.97. The van der Waals surface area contributed by atoms with Crippen molar-refractivity contribution in [2.24, 2.45) is 5.41 Å². The molecule has 0 saturated carbocycles. The Hall–Kier alpha value is -2.18. The Bertz CT molecular complexity index is 463. The van der Waals surface area contributed by atoms with Gasteiger partial charge in [-0.15, -0.1) is 0 Å². The second kappa shape index (κ2) is 5.44. The number of nitro groups is 1. The van der Waals surface area contributed by atoms with Gasteiger partial charge in [-0.2, -0.15) is 0 Å². The highest BCUT2D eigenvalue weighted by molar-refractivity contribution is 5.75. The Balaban J connectivity index is 2.86. The SMILES string of the molecule is CCC(C)(CNc1ccncc1[N+](=O)[O-])C(=O)O. The van der Waals surface area contributed by atoms with E-state index < -0.39 is 16.3 Å². The first-order chi connectivity index (χ1) is 8.40. The molecule has 7 nitrogen and oxygen atoms in total. The van der Waals surface area contributed by atoms with Crippen LogP contribution in [-0.4, -0.2) is 27.5 Å². The van der Waals surface area contributed by atoms with E-state index in [1.807, 2.05) is 0 Å². The number of hydrogen-bond acceptors (Lipinski definition) is 5. The molecule has 0 spiro atoms. The number of hydrogen-bond donors (Lipinski definition) is 2. The predicted octanol–water partition coefficient (Wildman–Crippen LogP) is 1.90. The van der Waals surface area contributed by atoms with Gasteiger partial charge < -0.3 is 10.4 Å². The number of pyridine rings is 1. The Kier molecular flexibility index (Phi) is 4.19. The standard InChI is InChI=1S/C11H15N3O4/c1-3-11(2,10(15)16)7-13-8-4-5-12-6-9(8)14(17)18/h4-6H,3,7H2,1-2H3,(H,12,13)(H,15,16). The number of aliphatic carboxylic acids is 1. The van der Waals surface area contributed by atoms with Crippen LogP contribution in [0.15, 0.2) is 18.5 Å². The second-order valence-electron chi connectivity index (χ2n) is 4.22. The van der Waals surface area contributed by atoms with Crippen LogP contribution in [-0.2, 0) is 4.79 Å². The molecule has 1 atom stereocenters. The van der Waals surface area contributed by atoms with Gasteiger partial charge >= 0.3 is 11.7 Å². The lowest BCUT2D eigenvalue weighted by molar-refractivity contribution is -0.384. The van der Waals surface area contributed by atoms with E-state index in [4.69, 9.17) is 5.11 Å². The van der Waals surface area contributed by atoms with Gasteiger partial charge in [0.15, 0.2) is 0 Å². The molecule has 0 aliphatic heterocycles. The van der Waals surface area contributed by atoms with Crippen molar-refractivity contribution in [3.63, 3.8) is 0 Å². The molecule has 0 saturated heterocycles. The summed E-state index contributed by atoms with van der Waals surface area (Å²) >= 11 is 0. The van der Waals surface area contributed by atoms with Gasteiger partial charge in [0.2, 0.25) is 0 Å². The highest BCUT2D eigenvalue weighted by Crippen LogP contribution is 2.26. The van der Waals surface area contributed by atoms with Crippen LogP contribution in [0.1, 0.15) is 20.3 Å². The Labute approximate surface area is 104 Å². The molecule has 98 valence electrons. The number of aromatic nitrogens is 1. The van der Waals surface area contributed by atoms with E-state index in [2.05, 4.69) is 10.3 Å². The Morgan fingerprint density at radius 2 is 2.33 bits per heavy atom. The zero-order chi connectivity index (χ0) is 13.8. The maximum Gasteiger partial charge on any atom is 0.311 e. The fraction of sp³-hybridized carbons (Fsp3) is 0.455. The molecule has 0 aromatic carbocycles. The van der Waals surface area contributed by atoms with E-state index in [0.29, 0.717) is 6.42 Å². The highest BCUT2D eigenvalue weighted by atomic mass is 16.6. The quantitative estimate of drug-likeness (QED) is 0.592. The molecule has 0 aliphatic rings. The van der Waals surface area contributed by atoms with Gasteiger partial charge in [0.1, 0.15) is 11.9 Å². The van der Waals surface area contributed by atoms with Gasteiger partial charge in [-0.05, 0) is 19.4 Å². The third-order valence-electron chi connectivity index (χ3n) is 2.96. The van der Waals surface area contributed by atoms with Crippen molar-refractivity contribution in [2.45, 2.75) is 20.3 Å². The average molecular weight is 253 g/mol. The minimum absolute atomic E-state index is 0.115. The van der Waals surface area contributed by atoms with Gasteiger partial charge in [-0.1, -0.05) is 6.92 Å². The summed E-state index contributed by atoms with van der Waals surface area (Å²) in [6, 6.07) is 1.45. The molecule has 0 radical (unpaired) electrons. The topological polar surface area (TPSA) is 105 Å². The summed E-state index contributed by atoms with van der Waals surface area (Å²) in [4.78, 5) is 25.0. The molecule has 0 fully saturated rings. The number of carboxylic acid groups (broad SMARTS) is 1. The third-order valence-corrected chi connectivity index (χ3v) is 2.96. The summed E-state index contributed by atoms with van der Waals surface area (Å²) in [6.45, 7) is 3.47. The van der Waals surface area contributed by atoms with Crippen molar-refractivity contribution < 1.29 is 14.8 Å². The van der Waals surface area contributed by atoms with Gasteiger partial charge in [-0.3, -0.25) is 19.9 Å². The van der Waals surface area contributed by atoms with E-state index in [9.17, 15) is 14.9 Å². The number of carboxylic acids is 1. The van der Waals surface area contributed by atoms with Crippen molar-refractivity contribution in [1.82, 2.24) is 4.98 Å². The van der Waals surface area contributed by atoms with Crippen LogP contribution in [0.25, 0.3) is 0 Å². The van der Waals surface area contributed by atoms with Crippen molar-refractivity contribution in [2.75, 3.05) is 11.9 Å². The molecular weight excluding hydrogens is 238 g/mol. The number of carbonyl (C=O) groups is 1. The average Bonchev–Trinajstić information content (AvgIpc) is 2.35. The van der Waals surface area contributed by atoms with Crippen molar-refractivity contribution in [3.8, 4) is 0 Å². The number of rotatable bonds is 6. The lowest BCUT2D eigenvalue weighted by Crippen LogP contribution is -2.34. The lowest BCUT2D eigenvalue weighted by atomic mass is 9.87. The van der Waals surface area contributed by atoms with Crippen LogP contribution in [0, 0.1) is 15.5 Å². The molecule has 2 N–H and O–H groups in total. The molecule has 0 bridgehead atoms. The molecule has 0 aliphatic carbocycles. The van der Waals surface area contributed by atoms with Crippen molar-refractivity contribution >= 4 is 17.3 Å². The first-order valence-corrected chi connectivity index (χ1v) is 5.46. The van der Waals surface area contributed by atoms with Crippen LogP contribution in [0.2, 0.25) is 0 Å². The summed E-state index contributed by atoms with van der Waals surface area (Å²) in [5.41, 5.74) is -0.853. The van der Waals surface area contributed by atoms with Gasteiger partial charge in [0.25, 0.3) is 0 Å². The van der Waals surface area contributed by atoms with Crippen LogP contribution < -0.4 is 5.32 Å². The first-order valence-electron chi connectivity index (χ1n) is 5.46. The Morgan fingerprint density at radius 1 is 1.67 bits per heavy atom. The molecular formula is C11H15N3O4. The summed E-state index contributed by atoms with van der Waals surface area (Å²) < 4.78 is 0. The molecule has 1 aromatic rings. The summed E-state index contributed by atoms with van der Waals surface area (Å²) in [5, 5.41) is 22.7. The fourth-order valence-corrected chi connectivity index (χ4v) is 1.32. The minimum Gasteiger partial charge on any atom is -0.481 e. The predicted molar refractivity (Wildman–Crippen MR) is 65.4 cm³/mol. The molecule has 1 rings (SSSR count). The van der Waals surface area contributed by atoms with Gasteiger partial charge in [0.05, 0.1) is 10.3 Å². The molecule has 7 heteroatoms.